The lowest BCUT2D eigenvalue weighted by atomic mass is 10.1. The number of ether oxygens (including phenoxy) is 4. The zero-order valence-electron chi connectivity index (χ0n) is 26.1. The van der Waals surface area contributed by atoms with Crippen molar-refractivity contribution in [2.24, 2.45) is 0 Å². The van der Waals surface area contributed by atoms with Crippen molar-refractivity contribution in [2.45, 2.75) is 51.4 Å². The molecule has 2 N–H and O–H groups in total. The van der Waals surface area contributed by atoms with Gasteiger partial charge in [-0.1, -0.05) is 36.4 Å². The molecule has 0 atom stereocenters. The van der Waals surface area contributed by atoms with E-state index in [4.69, 9.17) is 29.2 Å². The van der Waals surface area contributed by atoms with E-state index in [1.807, 2.05) is 24.3 Å². The van der Waals surface area contributed by atoms with Gasteiger partial charge < -0.3 is 29.2 Å². The second-order valence-corrected chi connectivity index (χ2v) is 11.0. The van der Waals surface area contributed by atoms with Crippen LogP contribution in [0.3, 0.4) is 0 Å². The Hall–Kier alpha value is -4.98. The van der Waals surface area contributed by atoms with Gasteiger partial charge in [0.25, 0.3) is 0 Å². The number of aryl methyl sites for hydroxylation is 2. The van der Waals surface area contributed by atoms with Crippen molar-refractivity contribution in [3.8, 4) is 23.0 Å². The second-order valence-electron chi connectivity index (χ2n) is 11.0. The Morgan fingerprint density at radius 1 is 0.435 bits per heavy atom. The third-order valence-corrected chi connectivity index (χ3v) is 7.34. The fraction of sp³-hybridized carbons (Fsp3) is 0.316. The lowest BCUT2D eigenvalue weighted by Gasteiger charge is -2.09. The molecule has 8 nitrogen and oxygen atoms in total. The second kappa shape index (κ2) is 18.7. The zero-order chi connectivity index (χ0) is 32.4. The Morgan fingerprint density at radius 3 is 1.20 bits per heavy atom. The van der Waals surface area contributed by atoms with Crippen LogP contribution in [0.1, 0.15) is 70.4 Å². The van der Waals surface area contributed by atoms with Crippen molar-refractivity contribution in [2.75, 3.05) is 26.4 Å². The predicted octanol–water partition coefficient (Wildman–Crippen LogP) is 8.12. The van der Waals surface area contributed by atoms with Crippen LogP contribution < -0.4 is 18.9 Å². The first-order valence-corrected chi connectivity index (χ1v) is 15.8. The maximum absolute atomic E-state index is 11.1. The van der Waals surface area contributed by atoms with Gasteiger partial charge in [-0.3, -0.25) is 0 Å². The fourth-order valence-electron chi connectivity index (χ4n) is 4.81. The summed E-state index contributed by atoms with van der Waals surface area (Å²) in [6.45, 7) is 2.41. The van der Waals surface area contributed by atoms with Gasteiger partial charge in [0.15, 0.2) is 0 Å². The molecule has 0 aliphatic heterocycles. The average molecular weight is 627 g/mol. The van der Waals surface area contributed by atoms with Crippen LogP contribution in [0, 0.1) is 0 Å². The highest BCUT2D eigenvalue weighted by atomic mass is 16.5. The number of hydrogen-bond acceptors (Lipinski definition) is 6. The molecule has 0 spiro atoms. The van der Waals surface area contributed by atoms with Gasteiger partial charge in [0.05, 0.1) is 37.6 Å². The van der Waals surface area contributed by atoms with Crippen LogP contribution in [0.15, 0.2) is 97.1 Å². The van der Waals surface area contributed by atoms with Crippen LogP contribution >= 0.6 is 0 Å². The number of carbonyl (C=O) groups is 2. The molecule has 0 unspecified atom stereocenters. The summed E-state index contributed by atoms with van der Waals surface area (Å²) in [5.41, 5.74) is 2.86. The van der Waals surface area contributed by atoms with Crippen molar-refractivity contribution in [3.63, 3.8) is 0 Å². The highest BCUT2D eigenvalue weighted by Gasteiger charge is 2.05. The van der Waals surface area contributed by atoms with Gasteiger partial charge in [-0.25, -0.2) is 9.59 Å². The molecular formula is C38H42O8. The minimum Gasteiger partial charge on any atom is -0.494 e. The number of benzene rings is 4. The van der Waals surface area contributed by atoms with E-state index in [1.54, 1.807) is 48.5 Å². The van der Waals surface area contributed by atoms with E-state index in [-0.39, 0.29) is 11.1 Å². The van der Waals surface area contributed by atoms with Crippen molar-refractivity contribution in [3.05, 3.63) is 119 Å². The van der Waals surface area contributed by atoms with E-state index in [2.05, 4.69) is 24.3 Å². The van der Waals surface area contributed by atoms with Gasteiger partial charge >= 0.3 is 11.9 Å². The maximum atomic E-state index is 11.1. The van der Waals surface area contributed by atoms with Gasteiger partial charge in [0.2, 0.25) is 0 Å². The molecule has 0 saturated carbocycles. The summed E-state index contributed by atoms with van der Waals surface area (Å²) in [5.74, 6) is 0.966. The Balaban J connectivity index is 0.988. The first-order chi connectivity index (χ1) is 22.5. The smallest absolute Gasteiger partial charge is 0.335 e. The molecular weight excluding hydrogens is 584 g/mol. The van der Waals surface area contributed by atoms with Crippen LogP contribution in [0.4, 0.5) is 0 Å². The molecule has 0 heterocycles. The van der Waals surface area contributed by atoms with E-state index in [9.17, 15) is 9.59 Å². The number of carboxylic acid groups (broad SMARTS) is 2. The van der Waals surface area contributed by atoms with Crippen LogP contribution in [-0.4, -0.2) is 48.6 Å². The highest BCUT2D eigenvalue weighted by molar-refractivity contribution is 5.88. The summed E-state index contributed by atoms with van der Waals surface area (Å²) in [6, 6.07) is 29.4. The zero-order valence-corrected chi connectivity index (χ0v) is 26.1. The molecule has 0 saturated heterocycles. The van der Waals surface area contributed by atoms with Gasteiger partial charge in [-0.2, -0.15) is 0 Å². The van der Waals surface area contributed by atoms with Gasteiger partial charge in [-0.05, 0) is 123 Å². The molecule has 46 heavy (non-hydrogen) atoms. The van der Waals surface area contributed by atoms with Crippen molar-refractivity contribution < 1.29 is 38.7 Å². The van der Waals surface area contributed by atoms with Crippen molar-refractivity contribution in [1.82, 2.24) is 0 Å². The third kappa shape index (κ3) is 12.2. The van der Waals surface area contributed by atoms with Gasteiger partial charge in [-0.15, -0.1) is 0 Å². The van der Waals surface area contributed by atoms with Crippen LogP contribution in [0.2, 0.25) is 0 Å². The van der Waals surface area contributed by atoms with Gasteiger partial charge in [0, 0.05) is 0 Å². The van der Waals surface area contributed by atoms with E-state index < -0.39 is 11.9 Å². The number of rotatable bonds is 21. The monoisotopic (exact) mass is 626 g/mol. The Kier molecular flexibility index (Phi) is 13.8. The Bertz CT molecular complexity index is 1380. The summed E-state index contributed by atoms with van der Waals surface area (Å²) in [6.07, 6.45) is 7.55. The van der Waals surface area contributed by atoms with Crippen LogP contribution in [-0.2, 0) is 12.8 Å². The molecule has 4 aromatic rings. The fourth-order valence-corrected chi connectivity index (χ4v) is 4.81. The lowest BCUT2D eigenvalue weighted by Crippen LogP contribution is -2.02. The standard InChI is InChI=1S/C38H42O8/c39-37(40)31-11-5-13-35(27-31)45-25-7-9-29-15-19-33(20-16-29)43-23-3-1-2-4-24-44-34-21-17-30(18-22-34)10-8-26-46-36-14-6-12-32(28-36)38(41)42/h5-6,11-22,27-28H,1-4,7-10,23-26H2,(H,39,40)(H,41,42). The first kappa shape index (κ1) is 33.9. The summed E-state index contributed by atoms with van der Waals surface area (Å²) in [5, 5.41) is 18.2. The Labute approximate surface area is 270 Å². The van der Waals surface area contributed by atoms with E-state index in [0.29, 0.717) is 37.9 Å². The predicted molar refractivity (Wildman–Crippen MR) is 177 cm³/mol. The molecule has 4 rings (SSSR count). The highest BCUT2D eigenvalue weighted by Crippen LogP contribution is 2.18. The molecule has 0 bridgehead atoms. The SMILES string of the molecule is O=C(O)c1cccc(OCCCc2ccc(OCCCCCCOc3ccc(CCCOc4cccc(C(=O)O)c4)cc3)cc2)c1. The summed E-state index contributed by atoms with van der Waals surface area (Å²) < 4.78 is 23.2. The molecule has 0 aromatic heterocycles. The van der Waals surface area contributed by atoms with E-state index in [1.165, 1.54) is 11.1 Å². The number of aromatic carboxylic acids is 2. The van der Waals surface area contributed by atoms with Crippen LogP contribution in [0.25, 0.3) is 0 Å². The molecule has 0 radical (unpaired) electrons. The van der Waals surface area contributed by atoms with Gasteiger partial charge in [0.1, 0.15) is 23.0 Å². The third-order valence-electron chi connectivity index (χ3n) is 7.34. The average Bonchev–Trinajstić information content (AvgIpc) is 3.07. The summed E-state index contributed by atoms with van der Waals surface area (Å²) in [7, 11) is 0. The molecule has 0 aliphatic rings. The van der Waals surface area contributed by atoms with Crippen molar-refractivity contribution >= 4 is 11.9 Å². The topological polar surface area (TPSA) is 112 Å². The summed E-state index contributed by atoms with van der Waals surface area (Å²) in [4.78, 5) is 22.1. The number of hydrogen-bond donors (Lipinski definition) is 2. The van der Waals surface area contributed by atoms with E-state index in [0.717, 1.165) is 62.9 Å². The van der Waals surface area contributed by atoms with Crippen LogP contribution in [0.5, 0.6) is 23.0 Å². The minimum absolute atomic E-state index is 0.224. The molecule has 0 fully saturated rings. The summed E-state index contributed by atoms with van der Waals surface area (Å²) >= 11 is 0. The number of carboxylic acids is 2. The molecule has 0 amide bonds. The first-order valence-electron chi connectivity index (χ1n) is 15.8. The molecule has 242 valence electrons. The molecule has 8 heteroatoms. The quantitative estimate of drug-likeness (QED) is 0.0892. The largest absolute Gasteiger partial charge is 0.494 e. The Morgan fingerprint density at radius 2 is 0.804 bits per heavy atom. The van der Waals surface area contributed by atoms with Crippen molar-refractivity contribution in [1.29, 1.82) is 0 Å². The minimum atomic E-state index is -0.959. The number of unbranched alkanes of at least 4 members (excludes halogenated alkanes) is 3. The lowest BCUT2D eigenvalue weighted by molar-refractivity contribution is 0.0685. The molecule has 4 aromatic carbocycles. The normalized spacial score (nSPS) is 10.7. The van der Waals surface area contributed by atoms with E-state index >= 15 is 0 Å². The maximum Gasteiger partial charge on any atom is 0.335 e. The molecule has 0 aliphatic carbocycles.